The van der Waals surface area contributed by atoms with Crippen molar-refractivity contribution in [1.82, 2.24) is 0 Å². The largest absolute Gasteiger partial charge is 0.392 e. The molecule has 1 aromatic carbocycles. The minimum Gasteiger partial charge on any atom is -0.392 e. The molecule has 0 amide bonds. The second-order valence-electron chi connectivity index (χ2n) is 5.44. The fourth-order valence-electron chi connectivity index (χ4n) is 2.70. The maximum atomic E-state index is 10.4. The third-order valence-corrected chi connectivity index (χ3v) is 4.26. The Bertz CT molecular complexity index is 478. The lowest BCUT2D eigenvalue weighted by Crippen LogP contribution is -2.28. The Morgan fingerprint density at radius 2 is 1.65 bits per heavy atom. The molecule has 1 aliphatic rings. The van der Waals surface area contributed by atoms with Gasteiger partial charge in [0.25, 0.3) is 0 Å². The minimum atomic E-state index is -0.750. The Balaban J connectivity index is 0.000000612. The summed E-state index contributed by atoms with van der Waals surface area (Å²) in [5.74, 6) is 1.13. The first-order valence-electron chi connectivity index (χ1n) is 6.88. The molecule has 4 heteroatoms. The molecule has 0 heterocycles. The molecular formula is C16H22O3S. The van der Waals surface area contributed by atoms with E-state index in [0.717, 1.165) is 6.42 Å². The molecule has 0 aliphatic heterocycles. The van der Waals surface area contributed by atoms with Crippen LogP contribution in [-0.4, -0.2) is 19.6 Å². The molecule has 1 aromatic rings. The first-order chi connectivity index (χ1) is 9.52. The molecule has 20 heavy (non-hydrogen) atoms. The Kier molecular flexibility index (Phi) is 6.82. The van der Waals surface area contributed by atoms with Crippen LogP contribution in [0.15, 0.2) is 36.4 Å². The smallest absolute Gasteiger partial charge is 0.335 e. The molecule has 0 radical (unpaired) electrons. The van der Waals surface area contributed by atoms with Gasteiger partial charge in [-0.1, -0.05) is 57.2 Å². The molecule has 4 atom stereocenters. The van der Waals surface area contributed by atoms with E-state index < -0.39 is 11.6 Å². The summed E-state index contributed by atoms with van der Waals surface area (Å²) in [7, 11) is 0. The molecule has 0 aromatic heterocycles. The van der Waals surface area contributed by atoms with E-state index in [4.69, 9.17) is 8.42 Å². The molecule has 110 valence electrons. The molecule has 2 rings (SSSR count). The van der Waals surface area contributed by atoms with Gasteiger partial charge in [-0.3, -0.25) is 0 Å². The van der Waals surface area contributed by atoms with E-state index in [1.165, 1.54) is 11.1 Å². The van der Waals surface area contributed by atoms with Crippen LogP contribution in [0.2, 0.25) is 0 Å². The zero-order valence-electron chi connectivity index (χ0n) is 12.2. The Morgan fingerprint density at radius 1 is 1.10 bits per heavy atom. The van der Waals surface area contributed by atoms with Crippen LogP contribution in [0.5, 0.6) is 0 Å². The lowest BCUT2D eigenvalue weighted by Gasteiger charge is -2.27. The van der Waals surface area contributed by atoms with Crippen LogP contribution >= 0.6 is 0 Å². The van der Waals surface area contributed by atoms with Crippen LogP contribution in [0.3, 0.4) is 0 Å². The predicted octanol–water partition coefficient (Wildman–Crippen LogP) is 3.07. The van der Waals surface area contributed by atoms with Gasteiger partial charge in [0.05, 0.1) is 6.10 Å². The van der Waals surface area contributed by atoms with E-state index >= 15 is 0 Å². The Morgan fingerprint density at radius 3 is 2.20 bits per heavy atom. The molecule has 1 N–H and O–H groups in total. The van der Waals surface area contributed by atoms with Gasteiger partial charge in [-0.15, -0.1) is 0 Å². The number of aliphatic hydroxyl groups is 1. The molecule has 0 bridgehead atoms. The minimum absolute atomic E-state index is 0.220. The second kappa shape index (κ2) is 8.12. The average Bonchev–Trinajstić information content (AvgIpc) is 2.55. The standard InChI is InChI=1S/C16H22O.O2S/c1-11-9-10-15(13(3)16(17)12(11)2)14-7-5-4-6-8-14;1-3-2/h4-8,10-13,16-17H,9H2,1-3H3;/t11-,12-,13-,16+;/m1./s1. The van der Waals surface area contributed by atoms with Crippen molar-refractivity contribution < 1.29 is 13.5 Å². The number of rotatable bonds is 1. The van der Waals surface area contributed by atoms with Crippen LogP contribution < -0.4 is 0 Å². The Hall–Kier alpha value is -1.26. The Labute approximate surface area is 124 Å². The topological polar surface area (TPSA) is 54.4 Å². The van der Waals surface area contributed by atoms with Gasteiger partial charge in [-0.05, 0) is 29.4 Å². The van der Waals surface area contributed by atoms with E-state index in [-0.39, 0.29) is 12.0 Å². The third-order valence-electron chi connectivity index (χ3n) is 4.26. The second-order valence-corrected chi connectivity index (χ2v) is 5.58. The van der Waals surface area contributed by atoms with Crippen molar-refractivity contribution >= 4 is 17.1 Å². The van der Waals surface area contributed by atoms with Crippen LogP contribution in [0.1, 0.15) is 32.8 Å². The van der Waals surface area contributed by atoms with Crippen molar-refractivity contribution in [2.75, 3.05) is 0 Å². The maximum absolute atomic E-state index is 10.4. The van der Waals surface area contributed by atoms with Crippen molar-refractivity contribution in [3.05, 3.63) is 42.0 Å². The molecule has 0 spiro atoms. The van der Waals surface area contributed by atoms with Crippen LogP contribution in [0.4, 0.5) is 0 Å². The van der Waals surface area contributed by atoms with E-state index in [9.17, 15) is 5.11 Å². The van der Waals surface area contributed by atoms with Gasteiger partial charge in [0, 0.05) is 5.92 Å². The summed E-state index contributed by atoms with van der Waals surface area (Å²) in [5, 5.41) is 10.4. The first-order valence-corrected chi connectivity index (χ1v) is 7.54. The van der Waals surface area contributed by atoms with Crippen molar-refractivity contribution in [3.8, 4) is 0 Å². The third kappa shape index (κ3) is 4.12. The van der Waals surface area contributed by atoms with Gasteiger partial charge in [-0.2, -0.15) is 8.42 Å². The van der Waals surface area contributed by atoms with E-state index in [1.54, 1.807) is 0 Å². The van der Waals surface area contributed by atoms with E-state index in [0.29, 0.717) is 11.8 Å². The van der Waals surface area contributed by atoms with Crippen LogP contribution in [0, 0.1) is 17.8 Å². The summed E-state index contributed by atoms with van der Waals surface area (Å²) in [4.78, 5) is 0. The highest BCUT2D eigenvalue weighted by molar-refractivity contribution is 7.51. The lowest BCUT2D eigenvalue weighted by molar-refractivity contribution is 0.0647. The van der Waals surface area contributed by atoms with Gasteiger partial charge < -0.3 is 5.11 Å². The maximum Gasteiger partial charge on any atom is 0.335 e. The molecule has 3 nitrogen and oxygen atoms in total. The zero-order valence-corrected chi connectivity index (χ0v) is 13.0. The summed E-state index contributed by atoms with van der Waals surface area (Å²) >= 11 is -0.750. The van der Waals surface area contributed by atoms with Gasteiger partial charge >= 0.3 is 11.6 Å². The number of hydrogen-bond donors (Lipinski definition) is 1. The highest BCUT2D eigenvalue weighted by Gasteiger charge is 2.30. The number of allylic oxidation sites excluding steroid dienone is 1. The van der Waals surface area contributed by atoms with Crippen LogP contribution in [0.25, 0.3) is 5.57 Å². The molecule has 0 saturated heterocycles. The van der Waals surface area contributed by atoms with Crippen molar-refractivity contribution in [3.63, 3.8) is 0 Å². The number of hydrogen-bond acceptors (Lipinski definition) is 3. The van der Waals surface area contributed by atoms with Crippen LogP contribution in [-0.2, 0) is 11.6 Å². The van der Waals surface area contributed by atoms with Crippen molar-refractivity contribution in [2.45, 2.75) is 33.3 Å². The fourth-order valence-corrected chi connectivity index (χ4v) is 2.70. The monoisotopic (exact) mass is 294 g/mol. The summed E-state index contributed by atoms with van der Waals surface area (Å²) in [6.07, 6.45) is 3.14. The van der Waals surface area contributed by atoms with Crippen molar-refractivity contribution in [2.24, 2.45) is 17.8 Å². The fraction of sp³-hybridized carbons (Fsp3) is 0.500. The predicted molar refractivity (Wildman–Crippen MR) is 81.5 cm³/mol. The quantitative estimate of drug-likeness (QED) is 0.866. The molecular weight excluding hydrogens is 272 g/mol. The average molecular weight is 294 g/mol. The molecule has 0 unspecified atom stereocenters. The lowest BCUT2D eigenvalue weighted by atomic mass is 9.83. The number of aliphatic hydroxyl groups excluding tert-OH is 1. The summed E-state index contributed by atoms with van der Waals surface area (Å²) in [5.41, 5.74) is 2.55. The first kappa shape index (κ1) is 16.8. The van der Waals surface area contributed by atoms with Gasteiger partial charge in [0.1, 0.15) is 0 Å². The summed E-state index contributed by atoms with van der Waals surface area (Å²) in [6, 6.07) is 10.4. The summed E-state index contributed by atoms with van der Waals surface area (Å²) < 4.78 is 16.6. The highest BCUT2D eigenvalue weighted by atomic mass is 32.1. The molecule has 0 fully saturated rings. The molecule has 0 saturated carbocycles. The van der Waals surface area contributed by atoms with E-state index in [1.807, 2.05) is 6.07 Å². The SMILES string of the molecule is C[C@H]1[C@H](O)[C@H](C)C(c2ccccc2)=CC[C@H]1C.O=S=O. The van der Waals surface area contributed by atoms with Crippen molar-refractivity contribution in [1.29, 1.82) is 0 Å². The van der Waals surface area contributed by atoms with E-state index in [2.05, 4.69) is 51.1 Å². The van der Waals surface area contributed by atoms with Gasteiger partial charge in [0.2, 0.25) is 0 Å². The van der Waals surface area contributed by atoms with Gasteiger partial charge in [0.15, 0.2) is 0 Å². The molecule has 1 aliphatic carbocycles. The summed E-state index contributed by atoms with van der Waals surface area (Å²) in [6.45, 7) is 6.52. The normalized spacial score (nSPS) is 29.5. The van der Waals surface area contributed by atoms with Gasteiger partial charge in [-0.25, -0.2) is 0 Å². The zero-order chi connectivity index (χ0) is 15.1. The highest BCUT2D eigenvalue weighted by Crippen LogP contribution is 2.36. The number of benzene rings is 1.